The maximum absolute atomic E-state index is 14.6. The predicted molar refractivity (Wildman–Crippen MR) is 143 cm³/mol. The quantitative estimate of drug-likeness (QED) is 0.292. The van der Waals surface area contributed by atoms with Gasteiger partial charge in [0.1, 0.15) is 23.4 Å². The Bertz CT molecular complexity index is 1360. The first-order valence-electron chi connectivity index (χ1n) is 12.0. The largest absolute Gasteiger partial charge is 0.495 e. The van der Waals surface area contributed by atoms with Crippen LogP contribution in [-0.2, 0) is 0 Å². The number of hydrogen-bond acceptors (Lipinski definition) is 7. The second-order valence-corrected chi connectivity index (χ2v) is 9.73. The molecule has 3 heterocycles. The maximum atomic E-state index is 14.6. The molecular formula is C26H29F3N6O2S. The number of likely N-dealkylation sites (tertiary alicyclic amines) is 1. The van der Waals surface area contributed by atoms with Crippen molar-refractivity contribution in [2.75, 3.05) is 51.5 Å². The fraction of sp³-hybridized carbons (Fsp3) is 0.385. The number of benzene rings is 1. The zero-order chi connectivity index (χ0) is 27.2. The molecule has 3 N–H and O–H groups in total. The number of fused-ring (bicyclic) bond motifs is 1. The predicted octanol–water partition coefficient (Wildman–Crippen LogP) is 3.93. The molecule has 2 atom stereocenters. The van der Waals surface area contributed by atoms with Crippen LogP contribution < -0.4 is 20.7 Å². The smallest absolute Gasteiger partial charge is 0.289 e. The topological polar surface area (TPSA) is 82.9 Å². The Kier molecular flexibility index (Phi) is 8.91. The van der Waals surface area contributed by atoms with Gasteiger partial charge in [-0.25, -0.2) is 8.91 Å². The summed E-state index contributed by atoms with van der Waals surface area (Å²) in [6, 6.07) is 9.69. The van der Waals surface area contributed by atoms with Gasteiger partial charge in [-0.1, -0.05) is 23.7 Å². The van der Waals surface area contributed by atoms with Gasteiger partial charge < -0.3 is 25.6 Å². The lowest BCUT2D eigenvalue weighted by Crippen LogP contribution is -2.46. The molecule has 1 amide bonds. The molecular weight excluding hydrogens is 517 g/mol. The number of carbonyl (C=O) groups excluding carboxylic acids is 1. The Morgan fingerprint density at radius 1 is 1.32 bits per heavy atom. The van der Waals surface area contributed by atoms with Crippen molar-refractivity contribution in [3.63, 3.8) is 0 Å². The van der Waals surface area contributed by atoms with E-state index in [-0.39, 0.29) is 23.0 Å². The van der Waals surface area contributed by atoms with E-state index in [1.54, 1.807) is 43.4 Å². The molecule has 8 nitrogen and oxygen atoms in total. The summed E-state index contributed by atoms with van der Waals surface area (Å²) in [6.07, 6.45) is -0.463. The van der Waals surface area contributed by atoms with Gasteiger partial charge in [-0.15, -0.1) is 0 Å². The Hall–Kier alpha value is -3.56. The number of anilines is 2. The van der Waals surface area contributed by atoms with Crippen molar-refractivity contribution in [3.05, 3.63) is 47.7 Å². The van der Waals surface area contributed by atoms with Gasteiger partial charge in [0.2, 0.25) is 0 Å². The summed E-state index contributed by atoms with van der Waals surface area (Å²) >= 11 is 0.372. The summed E-state index contributed by atoms with van der Waals surface area (Å²) in [4.78, 5) is 14.1. The number of nitrogens with zero attached hydrogens (tertiary/aromatic N) is 3. The van der Waals surface area contributed by atoms with Crippen molar-refractivity contribution >= 4 is 34.7 Å². The van der Waals surface area contributed by atoms with Crippen molar-refractivity contribution < 1.29 is 22.7 Å². The fourth-order valence-corrected chi connectivity index (χ4v) is 4.91. The minimum absolute atomic E-state index is 0.143. The normalized spacial score (nSPS) is 17.7. The molecule has 1 aromatic carbocycles. The van der Waals surface area contributed by atoms with E-state index in [0.717, 1.165) is 6.54 Å². The number of pyridine rings is 1. The van der Waals surface area contributed by atoms with Crippen molar-refractivity contribution in [2.45, 2.75) is 29.3 Å². The number of thioether (sulfide) groups is 1. The third-order valence-corrected chi connectivity index (χ3v) is 6.98. The van der Waals surface area contributed by atoms with Crippen LogP contribution in [0.2, 0.25) is 0 Å². The molecule has 3 aromatic rings. The molecule has 4 rings (SSSR count). The van der Waals surface area contributed by atoms with E-state index < -0.39 is 18.0 Å². The lowest BCUT2D eigenvalue weighted by atomic mass is 10.0. The molecule has 0 unspecified atom stereocenters. The highest BCUT2D eigenvalue weighted by Crippen LogP contribution is 2.34. The van der Waals surface area contributed by atoms with Gasteiger partial charge >= 0.3 is 0 Å². The minimum atomic E-state index is -2.67. The molecule has 1 saturated heterocycles. The Morgan fingerprint density at radius 2 is 2.13 bits per heavy atom. The van der Waals surface area contributed by atoms with Crippen LogP contribution >= 0.6 is 11.8 Å². The first-order valence-corrected chi connectivity index (χ1v) is 12.9. The number of halogens is 3. The zero-order valence-electron chi connectivity index (χ0n) is 21.2. The molecule has 12 heteroatoms. The average molecular weight is 547 g/mol. The number of piperidine rings is 1. The summed E-state index contributed by atoms with van der Waals surface area (Å²) in [5.74, 6) is 3.92. The molecule has 0 saturated carbocycles. The first-order chi connectivity index (χ1) is 18.3. The number of hydrogen-bond donors (Lipinski definition) is 3. The Labute approximate surface area is 223 Å². The van der Waals surface area contributed by atoms with E-state index in [2.05, 4.69) is 32.9 Å². The molecule has 0 radical (unpaired) electrons. The molecule has 2 aromatic heterocycles. The van der Waals surface area contributed by atoms with E-state index in [0.29, 0.717) is 53.1 Å². The number of carbonyl (C=O) groups is 1. The summed E-state index contributed by atoms with van der Waals surface area (Å²) in [6.45, 7) is 1.21. The van der Waals surface area contributed by atoms with Crippen LogP contribution in [0, 0.1) is 11.8 Å². The summed E-state index contributed by atoms with van der Waals surface area (Å²) in [7, 11) is 4.93. The minimum Gasteiger partial charge on any atom is -0.495 e. The Morgan fingerprint density at radius 3 is 2.84 bits per heavy atom. The van der Waals surface area contributed by atoms with Crippen molar-refractivity contribution in [1.29, 1.82) is 0 Å². The number of rotatable bonds is 8. The molecule has 38 heavy (non-hydrogen) atoms. The van der Waals surface area contributed by atoms with Crippen LogP contribution in [0.1, 0.15) is 22.5 Å². The van der Waals surface area contributed by atoms with Gasteiger partial charge in [-0.05, 0) is 49.7 Å². The van der Waals surface area contributed by atoms with Crippen LogP contribution in [0.3, 0.4) is 0 Å². The number of methoxy groups -OCH3 is 1. The van der Waals surface area contributed by atoms with E-state index in [9.17, 15) is 18.0 Å². The summed E-state index contributed by atoms with van der Waals surface area (Å²) in [5, 5.41) is 13.4. The standard InChI is InChI=1S/C26H29F3N6O2S/c1-30-25(36)16-9-10-22(37-3)20(14-16)31-12-5-6-19-24(38-26(28)29)21-7-4-8-23(35(21)33-19)32-18-11-13-34(2)15-17(18)27/h4,7-10,14,17-18,26,31-32H,11-13,15H2,1-3H3,(H,30,36)/t17-,18+/m0/s1. The molecule has 0 spiro atoms. The fourth-order valence-electron chi connectivity index (χ4n) is 4.25. The lowest BCUT2D eigenvalue weighted by molar-refractivity contribution is 0.0963. The maximum Gasteiger partial charge on any atom is 0.289 e. The second kappa shape index (κ2) is 12.3. The highest BCUT2D eigenvalue weighted by molar-refractivity contribution is 7.99. The van der Waals surface area contributed by atoms with Crippen molar-refractivity contribution in [2.24, 2.45) is 0 Å². The number of aromatic nitrogens is 2. The van der Waals surface area contributed by atoms with Gasteiger partial charge in [0, 0.05) is 25.7 Å². The van der Waals surface area contributed by atoms with Crippen LogP contribution in [0.25, 0.3) is 5.52 Å². The van der Waals surface area contributed by atoms with Crippen molar-refractivity contribution in [3.8, 4) is 17.6 Å². The molecule has 1 aliphatic rings. The molecule has 1 aliphatic heterocycles. The zero-order valence-corrected chi connectivity index (χ0v) is 22.0. The van der Waals surface area contributed by atoms with Gasteiger partial charge in [0.05, 0.1) is 35.8 Å². The van der Waals surface area contributed by atoms with E-state index in [1.807, 2.05) is 11.9 Å². The van der Waals surface area contributed by atoms with E-state index in [1.165, 1.54) is 11.6 Å². The molecule has 202 valence electrons. The number of alkyl halides is 3. The third-order valence-electron chi connectivity index (χ3n) is 6.16. The number of nitrogens with one attached hydrogen (secondary N) is 3. The molecule has 1 fully saturated rings. The molecule has 0 bridgehead atoms. The van der Waals surface area contributed by atoms with Gasteiger partial charge in [-0.3, -0.25) is 4.79 Å². The van der Waals surface area contributed by atoms with E-state index >= 15 is 0 Å². The second-order valence-electron chi connectivity index (χ2n) is 8.73. The lowest BCUT2D eigenvalue weighted by Gasteiger charge is -2.33. The van der Waals surface area contributed by atoms with Gasteiger partial charge in [0.25, 0.3) is 11.7 Å². The number of amides is 1. The first kappa shape index (κ1) is 27.5. The van der Waals surface area contributed by atoms with Gasteiger partial charge in [0.15, 0.2) is 0 Å². The highest BCUT2D eigenvalue weighted by atomic mass is 32.2. The van der Waals surface area contributed by atoms with Crippen LogP contribution in [0.4, 0.5) is 24.7 Å². The summed E-state index contributed by atoms with van der Waals surface area (Å²) in [5.41, 5.74) is 1.66. The highest BCUT2D eigenvalue weighted by Gasteiger charge is 2.28. The van der Waals surface area contributed by atoms with Crippen LogP contribution in [0.15, 0.2) is 41.3 Å². The SMILES string of the molecule is CNC(=O)c1ccc(OC)c(NCC#Cc2nn3c(N[C@@H]4CCN(C)C[C@@H]4F)cccc3c2SC(F)F)c1. The van der Waals surface area contributed by atoms with Crippen LogP contribution in [0.5, 0.6) is 5.75 Å². The van der Waals surface area contributed by atoms with Crippen LogP contribution in [-0.4, -0.2) is 79.2 Å². The van der Waals surface area contributed by atoms with Gasteiger partial charge in [-0.2, -0.15) is 13.9 Å². The Balaban J connectivity index is 1.59. The van der Waals surface area contributed by atoms with E-state index in [4.69, 9.17) is 4.74 Å². The third kappa shape index (κ3) is 6.28. The molecule has 0 aliphatic carbocycles. The van der Waals surface area contributed by atoms with Crippen molar-refractivity contribution in [1.82, 2.24) is 19.8 Å². The average Bonchev–Trinajstić information content (AvgIpc) is 3.25. The summed E-state index contributed by atoms with van der Waals surface area (Å²) < 4.78 is 48.4. The monoisotopic (exact) mass is 546 g/mol. The number of ether oxygens (including phenoxy) is 1.